The first-order valence-corrected chi connectivity index (χ1v) is 5.20. The third-order valence-electron chi connectivity index (χ3n) is 2.16. The first kappa shape index (κ1) is 13.0. The highest BCUT2D eigenvalue weighted by atomic mass is 16.4. The number of carboxylic acid groups (broad SMARTS) is 1. The molecular weight excluding hydrogens is 218 g/mol. The summed E-state index contributed by atoms with van der Waals surface area (Å²) in [6, 6.07) is 4.63. The molecule has 0 atom stereocenters. The number of nitrogens with one attached hydrogen (secondary N) is 1. The molecule has 0 aliphatic heterocycles. The zero-order chi connectivity index (χ0) is 13.0. The zero-order valence-electron chi connectivity index (χ0n) is 10.1. The van der Waals surface area contributed by atoms with E-state index in [9.17, 15) is 9.59 Å². The van der Waals surface area contributed by atoms with Crippen molar-refractivity contribution in [3.63, 3.8) is 0 Å². The van der Waals surface area contributed by atoms with Crippen molar-refractivity contribution in [2.24, 2.45) is 0 Å². The average Bonchev–Trinajstić information content (AvgIpc) is 2.19. The van der Waals surface area contributed by atoms with Crippen LogP contribution in [0.3, 0.4) is 0 Å². The molecule has 0 saturated heterocycles. The molecule has 2 N–H and O–H groups in total. The van der Waals surface area contributed by atoms with Gasteiger partial charge < -0.3 is 10.4 Å². The van der Waals surface area contributed by atoms with Crippen LogP contribution in [-0.4, -0.2) is 17.0 Å². The Hall–Kier alpha value is -2.10. The number of carbonyl (C=O) groups is 2. The number of benzene rings is 1. The topological polar surface area (TPSA) is 66.4 Å². The monoisotopic (exact) mass is 233 g/mol. The molecule has 0 saturated carbocycles. The second-order valence-electron chi connectivity index (χ2n) is 4.05. The molecule has 4 nitrogen and oxygen atoms in total. The number of aryl methyl sites for hydroxylation is 1. The number of carbonyl (C=O) groups excluding carboxylic acids is 1. The fraction of sp³-hybridized carbons (Fsp3) is 0.231. The Morgan fingerprint density at radius 1 is 1.29 bits per heavy atom. The summed E-state index contributed by atoms with van der Waals surface area (Å²) in [4.78, 5) is 22.3. The molecule has 90 valence electrons. The van der Waals surface area contributed by atoms with Crippen molar-refractivity contribution < 1.29 is 14.7 Å². The van der Waals surface area contributed by atoms with Crippen LogP contribution in [0.4, 0.5) is 5.69 Å². The highest BCUT2D eigenvalue weighted by molar-refractivity contribution is 6.01. The molecule has 0 bridgehead atoms. The van der Waals surface area contributed by atoms with E-state index in [1.807, 2.05) is 20.8 Å². The van der Waals surface area contributed by atoms with Crippen LogP contribution >= 0.6 is 0 Å². The van der Waals surface area contributed by atoms with Crippen LogP contribution in [0.1, 0.15) is 29.8 Å². The van der Waals surface area contributed by atoms with Crippen molar-refractivity contribution >= 4 is 17.6 Å². The summed E-state index contributed by atoms with van der Waals surface area (Å²) >= 11 is 0. The highest BCUT2D eigenvalue weighted by Gasteiger charge is 2.07. The summed E-state index contributed by atoms with van der Waals surface area (Å²) < 4.78 is 0. The van der Waals surface area contributed by atoms with Gasteiger partial charge in [0, 0.05) is 11.8 Å². The normalized spacial score (nSPS) is 9.59. The van der Waals surface area contributed by atoms with Crippen molar-refractivity contribution in [1.82, 2.24) is 0 Å². The summed E-state index contributed by atoms with van der Waals surface area (Å²) in [5.41, 5.74) is 2.38. The SMILES string of the molecule is CC(C)=CC(=O)Nc1cc(C(=O)O)ccc1C. The number of anilines is 1. The summed E-state index contributed by atoms with van der Waals surface area (Å²) in [6.07, 6.45) is 1.47. The highest BCUT2D eigenvalue weighted by Crippen LogP contribution is 2.17. The molecule has 0 fully saturated rings. The maximum Gasteiger partial charge on any atom is 0.335 e. The second-order valence-corrected chi connectivity index (χ2v) is 4.05. The summed E-state index contributed by atoms with van der Waals surface area (Å²) in [5, 5.41) is 11.5. The number of aromatic carboxylic acids is 1. The third-order valence-corrected chi connectivity index (χ3v) is 2.16. The Labute approximate surface area is 100.0 Å². The molecule has 0 unspecified atom stereocenters. The van der Waals surface area contributed by atoms with Crippen LogP contribution in [0, 0.1) is 6.92 Å². The lowest BCUT2D eigenvalue weighted by atomic mass is 10.1. The third kappa shape index (κ3) is 3.75. The summed E-state index contributed by atoms with van der Waals surface area (Å²) in [5.74, 6) is -1.27. The number of hydrogen-bond acceptors (Lipinski definition) is 2. The van der Waals surface area contributed by atoms with Crippen LogP contribution in [0.5, 0.6) is 0 Å². The fourth-order valence-corrected chi connectivity index (χ4v) is 1.32. The molecule has 1 amide bonds. The molecule has 0 heterocycles. The Bertz CT molecular complexity index is 485. The summed E-state index contributed by atoms with van der Waals surface area (Å²) in [6.45, 7) is 5.45. The molecule has 0 aliphatic rings. The number of carboxylic acids is 1. The molecule has 4 heteroatoms. The average molecular weight is 233 g/mol. The first-order chi connectivity index (χ1) is 7.90. The van der Waals surface area contributed by atoms with Gasteiger partial charge in [-0.25, -0.2) is 4.79 Å². The Morgan fingerprint density at radius 3 is 2.47 bits per heavy atom. The predicted molar refractivity (Wildman–Crippen MR) is 66.2 cm³/mol. The molecule has 1 aromatic carbocycles. The van der Waals surface area contributed by atoms with Gasteiger partial charge in [-0.1, -0.05) is 11.6 Å². The number of hydrogen-bond donors (Lipinski definition) is 2. The minimum atomic E-state index is -1.01. The van der Waals surface area contributed by atoms with E-state index in [2.05, 4.69) is 5.32 Å². The Balaban J connectivity index is 2.98. The van der Waals surface area contributed by atoms with Gasteiger partial charge in [0.1, 0.15) is 0 Å². The van der Waals surface area contributed by atoms with Crippen molar-refractivity contribution in [2.75, 3.05) is 5.32 Å². The lowest BCUT2D eigenvalue weighted by Crippen LogP contribution is -2.10. The summed E-state index contributed by atoms with van der Waals surface area (Å²) in [7, 11) is 0. The van der Waals surface area contributed by atoms with E-state index >= 15 is 0 Å². The minimum Gasteiger partial charge on any atom is -0.478 e. The quantitative estimate of drug-likeness (QED) is 0.788. The van der Waals surface area contributed by atoms with E-state index in [-0.39, 0.29) is 11.5 Å². The van der Waals surface area contributed by atoms with Crippen LogP contribution < -0.4 is 5.32 Å². The number of amides is 1. The van der Waals surface area contributed by atoms with Crippen molar-refractivity contribution in [1.29, 1.82) is 0 Å². The van der Waals surface area contributed by atoms with Gasteiger partial charge in [-0.3, -0.25) is 4.79 Å². The maximum atomic E-state index is 11.5. The van der Waals surface area contributed by atoms with Crippen LogP contribution in [0.15, 0.2) is 29.8 Å². The van der Waals surface area contributed by atoms with Crippen molar-refractivity contribution in [2.45, 2.75) is 20.8 Å². The van der Waals surface area contributed by atoms with E-state index in [1.165, 1.54) is 18.2 Å². The Kier molecular flexibility index (Phi) is 4.04. The smallest absolute Gasteiger partial charge is 0.335 e. The molecule has 0 spiro atoms. The van der Waals surface area contributed by atoms with E-state index in [4.69, 9.17) is 5.11 Å². The van der Waals surface area contributed by atoms with E-state index < -0.39 is 5.97 Å². The lowest BCUT2D eigenvalue weighted by Gasteiger charge is -2.07. The largest absolute Gasteiger partial charge is 0.478 e. The second kappa shape index (κ2) is 5.30. The zero-order valence-corrected chi connectivity index (χ0v) is 10.1. The Morgan fingerprint density at radius 2 is 1.94 bits per heavy atom. The van der Waals surface area contributed by atoms with Gasteiger partial charge in [0.2, 0.25) is 5.91 Å². The predicted octanol–water partition coefficient (Wildman–Crippen LogP) is 2.60. The maximum absolute atomic E-state index is 11.5. The fourth-order valence-electron chi connectivity index (χ4n) is 1.32. The van der Waals surface area contributed by atoms with Crippen LogP contribution in [-0.2, 0) is 4.79 Å². The van der Waals surface area contributed by atoms with E-state index in [1.54, 1.807) is 6.07 Å². The van der Waals surface area contributed by atoms with Gasteiger partial charge in [-0.05, 0) is 38.5 Å². The van der Waals surface area contributed by atoms with Gasteiger partial charge in [-0.15, -0.1) is 0 Å². The lowest BCUT2D eigenvalue weighted by molar-refractivity contribution is -0.112. The standard InChI is InChI=1S/C13H15NO3/c1-8(2)6-12(15)14-11-7-10(13(16)17)5-4-9(11)3/h4-7H,1-3H3,(H,14,15)(H,16,17). The van der Waals surface area contributed by atoms with Gasteiger partial charge in [-0.2, -0.15) is 0 Å². The van der Waals surface area contributed by atoms with Gasteiger partial charge in [0.25, 0.3) is 0 Å². The van der Waals surface area contributed by atoms with Gasteiger partial charge in [0.15, 0.2) is 0 Å². The molecule has 0 radical (unpaired) electrons. The van der Waals surface area contributed by atoms with Crippen LogP contribution in [0.25, 0.3) is 0 Å². The van der Waals surface area contributed by atoms with Gasteiger partial charge >= 0.3 is 5.97 Å². The number of allylic oxidation sites excluding steroid dienone is 1. The molecule has 17 heavy (non-hydrogen) atoms. The van der Waals surface area contributed by atoms with Crippen molar-refractivity contribution in [3.8, 4) is 0 Å². The van der Waals surface area contributed by atoms with Crippen LogP contribution in [0.2, 0.25) is 0 Å². The molecule has 0 aliphatic carbocycles. The minimum absolute atomic E-state index is 0.156. The van der Waals surface area contributed by atoms with Gasteiger partial charge in [0.05, 0.1) is 5.56 Å². The first-order valence-electron chi connectivity index (χ1n) is 5.20. The molecule has 1 rings (SSSR count). The molecule has 1 aromatic rings. The molecular formula is C13H15NO3. The van der Waals surface area contributed by atoms with E-state index in [0.29, 0.717) is 5.69 Å². The number of rotatable bonds is 3. The van der Waals surface area contributed by atoms with E-state index in [0.717, 1.165) is 11.1 Å². The molecule has 0 aromatic heterocycles. The van der Waals surface area contributed by atoms with Crippen molar-refractivity contribution in [3.05, 3.63) is 41.0 Å².